The lowest BCUT2D eigenvalue weighted by Crippen LogP contribution is -2.37. The molecule has 1 amide bonds. The second-order valence-corrected chi connectivity index (χ2v) is 6.55. The highest BCUT2D eigenvalue weighted by molar-refractivity contribution is 6.07. The fourth-order valence-electron chi connectivity index (χ4n) is 3.65. The highest BCUT2D eigenvalue weighted by Gasteiger charge is 2.24. The Hall–Kier alpha value is -1.95. The van der Waals surface area contributed by atoms with E-state index in [1.807, 2.05) is 47.4 Å². The Labute approximate surface area is 172 Å². The highest BCUT2D eigenvalue weighted by Crippen LogP contribution is 2.32. The summed E-state index contributed by atoms with van der Waals surface area (Å²) in [5.74, 6) is 0.0417. The Morgan fingerprint density at radius 1 is 0.963 bits per heavy atom. The molecule has 0 aliphatic carbocycles. The molecule has 7 heteroatoms. The molecule has 0 bridgehead atoms. The molecule has 2 N–H and O–H groups in total. The lowest BCUT2D eigenvalue weighted by Gasteiger charge is -2.31. The molecule has 2 heterocycles. The Balaban J connectivity index is 0.00000131. The molecular formula is C20H25Cl2N3O2. The van der Waals surface area contributed by atoms with Gasteiger partial charge in [0.2, 0.25) is 0 Å². The molecule has 0 unspecified atom stereocenters. The summed E-state index contributed by atoms with van der Waals surface area (Å²) >= 11 is 0. The summed E-state index contributed by atoms with van der Waals surface area (Å²) in [7, 11) is 0. The van der Waals surface area contributed by atoms with Crippen molar-refractivity contribution in [2.45, 2.75) is 12.8 Å². The number of carbonyl (C=O) groups is 1. The molecule has 0 spiro atoms. The number of carbonyl (C=O) groups excluding carboxylic acids is 1. The number of nitrogens with two attached hydrogens (primary N) is 1. The van der Waals surface area contributed by atoms with Gasteiger partial charge in [-0.3, -0.25) is 4.79 Å². The van der Waals surface area contributed by atoms with Crippen molar-refractivity contribution >= 4 is 47.8 Å². The van der Waals surface area contributed by atoms with E-state index >= 15 is 0 Å². The number of anilines is 3. The predicted octanol–water partition coefficient (Wildman–Crippen LogP) is 3.54. The second kappa shape index (κ2) is 9.31. The van der Waals surface area contributed by atoms with E-state index in [9.17, 15) is 4.79 Å². The Morgan fingerprint density at radius 3 is 2.37 bits per heavy atom. The third-order valence-corrected chi connectivity index (χ3v) is 5.02. The van der Waals surface area contributed by atoms with Crippen LogP contribution in [0, 0.1) is 0 Å². The topological polar surface area (TPSA) is 58.8 Å². The number of nitrogen functional groups attached to an aromatic ring is 1. The van der Waals surface area contributed by atoms with E-state index in [0.29, 0.717) is 5.56 Å². The van der Waals surface area contributed by atoms with Crippen LogP contribution in [0.4, 0.5) is 17.1 Å². The number of amides is 1. The summed E-state index contributed by atoms with van der Waals surface area (Å²) in [6.07, 6.45) is 1.88. The molecule has 27 heavy (non-hydrogen) atoms. The third-order valence-electron chi connectivity index (χ3n) is 5.02. The molecule has 5 nitrogen and oxygen atoms in total. The molecule has 2 aliphatic rings. The summed E-state index contributed by atoms with van der Waals surface area (Å²) in [4.78, 5) is 17.2. The second-order valence-electron chi connectivity index (χ2n) is 6.55. The van der Waals surface area contributed by atoms with Gasteiger partial charge >= 0.3 is 0 Å². The van der Waals surface area contributed by atoms with Gasteiger partial charge in [-0.05, 0) is 54.8 Å². The van der Waals surface area contributed by atoms with E-state index in [2.05, 4.69) is 4.90 Å². The number of halogens is 2. The lowest BCUT2D eigenvalue weighted by molar-refractivity contribution is 0.0985. The van der Waals surface area contributed by atoms with E-state index in [4.69, 9.17) is 10.5 Å². The van der Waals surface area contributed by atoms with Crippen LogP contribution in [0.15, 0.2) is 42.5 Å². The van der Waals surface area contributed by atoms with Gasteiger partial charge in [0.25, 0.3) is 5.91 Å². The maximum absolute atomic E-state index is 13.0. The Bertz CT molecular complexity index is 777. The zero-order valence-corrected chi connectivity index (χ0v) is 16.7. The predicted molar refractivity (Wildman–Crippen MR) is 115 cm³/mol. The first kappa shape index (κ1) is 21.4. The van der Waals surface area contributed by atoms with Gasteiger partial charge in [0.15, 0.2) is 0 Å². The standard InChI is InChI=1S/C20H23N3O2.2ClH/c21-18-4-1-5-19-17(18)3-2-10-23(19)20(24)15-6-8-16(9-7-15)22-11-13-25-14-12-22;;/h1,4-9H,2-3,10-14,21H2;2*1H. The maximum Gasteiger partial charge on any atom is 0.258 e. The van der Waals surface area contributed by atoms with E-state index in [0.717, 1.165) is 68.3 Å². The number of benzene rings is 2. The van der Waals surface area contributed by atoms with Gasteiger partial charge in [-0.15, -0.1) is 24.8 Å². The maximum atomic E-state index is 13.0. The minimum Gasteiger partial charge on any atom is -0.398 e. The van der Waals surface area contributed by atoms with E-state index in [-0.39, 0.29) is 30.7 Å². The molecule has 1 fully saturated rings. The normalized spacial score (nSPS) is 16.0. The third kappa shape index (κ3) is 4.32. The van der Waals surface area contributed by atoms with Gasteiger partial charge < -0.3 is 20.3 Å². The number of ether oxygens (including phenoxy) is 1. The lowest BCUT2D eigenvalue weighted by atomic mass is 9.99. The van der Waals surface area contributed by atoms with Crippen molar-refractivity contribution < 1.29 is 9.53 Å². The molecule has 1 saturated heterocycles. The number of fused-ring (bicyclic) bond motifs is 1. The summed E-state index contributed by atoms with van der Waals surface area (Å²) < 4.78 is 5.39. The molecule has 4 rings (SSSR count). The largest absolute Gasteiger partial charge is 0.398 e. The average Bonchev–Trinajstić information content (AvgIpc) is 2.68. The number of hydrogen-bond acceptors (Lipinski definition) is 4. The van der Waals surface area contributed by atoms with E-state index < -0.39 is 0 Å². The van der Waals surface area contributed by atoms with Crippen molar-refractivity contribution in [3.05, 3.63) is 53.6 Å². The fourth-order valence-corrected chi connectivity index (χ4v) is 3.65. The molecule has 146 valence electrons. The molecule has 2 aromatic rings. The minimum atomic E-state index is 0. The summed E-state index contributed by atoms with van der Waals surface area (Å²) in [5.41, 5.74) is 10.8. The Morgan fingerprint density at radius 2 is 1.67 bits per heavy atom. The van der Waals surface area contributed by atoms with Crippen LogP contribution < -0.4 is 15.5 Å². The van der Waals surface area contributed by atoms with Crippen LogP contribution in [0.5, 0.6) is 0 Å². The van der Waals surface area contributed by atoms with Crippen molar-refractivity contribution in [2.75, 3.05) is 48.4 Å². The first-order valence-electron chi connectivity index (χ1n) is 8.86. The number of hydrogen-bond donors (Lipinski definition) is 1. The van der Waals surface area contributed by atoms with Gasteiger partial charge in [0.05, 0.1) is 13.2 Å². The van der Waals surface area contributed by atoms with Crippen LogP contribution in [-0.4, -0.2) is 38.8 Å². The van der Waals surface area contributed by atoms with Crippen LogP contribution >= 0.6 is 24.8 Å². The molecule has 2 aromatic carbocycles. The zero-order chi connectivity index (χ0) is 17.2. The average molecular weight is 410 g/mol. The van der Waals surface area contributed by atoms with Crippen molar-refractivity contribution in [2.24, 2.45) is 0 Å². The fraction of sp³-hybridized carbons (Fsp3) is 0.350. The molecule has 2 aliphatic heterocycles. The molecular weight excluding hydrogens is 385 g/mol. The van der Waals surface area contributed by atoms with Crippen molar-refractivity contribution in [1.29, 1.82) is 0 Å². The van der Waals surface area contributed by atoms with E-state index in [1.54, 1.807) is 0 Å². The molecule has 0 aromatic heterocycles. The van der Waals surface area contributed by atoms with Crippen LogP contribution in [0.1, 0.15) is 22.3 Å². The van der Waals surface area contributed by atoms with Gasteiger partial charge in [0.1, 0.15) is 0 Å². The first-order chi connectivity index (χ1) is 12.2. The highest BCUT2D eigenvalue weighted by atomic mass is 35.5. The first-order valence-corrected chi connectivity index (χ1v) is 8.86. The minimum absolute atomic E-state index is 0. The van der Waals surface area contributed by atoms with Crippen LogP contribution in [0.2, 0.25) is 0 Å². The van der Waals surface area contributed by atoms with Crippen molar-refractivity contribution in [1.82, 2.24) is 0 Å². The zero-order valence-electron chi connectivity index (χ0n) is 15.1. The van der Waals surface area contributed by atoms with Crippen LogP contribution in [0.3, 0.4) is 0 Å². The summed E-state index contributed by atoms with van der Waals surface area (Å²) in [6, 6.07) is 13.7. The number of nitrogens with zero attached hydrogens (tertiary/aromatic N) is 2. The SMILES string of the molecule is Cl.Cl.Nc1cccc2c1CCCN2C(=O)c1ccc(N2CCOCC2)cc1. The molecule has 0 radical (unpaired) electrons. The molecule has 0 atom stereocenters. The summed E-state index contributed by atoms with van der Waals surface area (Å²) in [5, 5.41) is 0. The smallest absolute Gasteiger partial charge is 0.258 e. The quantitative estimate of drug-likeness (QED) is 0.770. The van der Waals surface area contributed by atoms with Crippen LogP contribution in [0.25, 0.3) is 0 Å². The molecule has 0 saturated carbocycles. The monoisotopic (exact) mass is 409 g/mol. The number of morpholine rings is 1. The Kier molecular flexibility index (Phi) is 7.36. The van der Waals surface area contributed by atoms with Gasteiger partial charge in [-0.2, -0.15) is 0 Å². The van der Waals surface area contributed by atoms with E-state index in [1.165, 1.54) is 0 Å². The number of rotatable bonds is 2. The summed E-state index contributed by atoms with van der Waals surface area (Å²) in [6.45, 7) is 4.04. The van der Waals surface area contributed by atoms with Gasteiger partial charge in [0, 0.05) is 42.3 Å². The van der Waals surface area contributed by atoms with Crippen LogP contribution in [-0.2, 0) is 11.2 Å². The van der Waals surface area contributed by atoms with Crippen molar-refractivity contribution in [3.8, 4) is 0 Å². The van der Waals surface area contributed by atoms with Gasteiger partial charge in [-0.1, -0.05) is 6.07 Å². The van der Waals surface area contributed by atoms with Gasteiger partial charge in [-0.25, -0.2) is 0 Å². The van der Waals surface area contributed by atoms with Crippen molar-refractivity contribution in [3.63, 3.8) is 0 Å².